The smallest absolute Gasteiger partial charge is 0.286 e. The van der Waals surface area contributed by atoms with Crippen LogP contribution >= 0.6 is 0 Å². The molecule has 1 N–H and O–H groups in total. The van der Waals surface area contributed by atoms with E-state index < -0.39 is 10.8 Å². The first-order valence-corrected chi connectivity index (χ1v) is 9.96. The molecule has 0 saturated carbocycles. The van der Waals surface area contributed by atoms with E-state index in [-0.39, 0.29) is 34.6 Å². The minimum atomic E-state index is -0.612. The van der Waals surface area contributed by atoms with Gasteiger partial charge in [-0.25, -0.2) is 0 Å². The van der Waals surface area contributed by atoms with E-state index in [1.807, 2.05) is 30.3 Å². The summed E-state index contributed by atoms with van der Waals surface area (Å²) in [5, 5.41) is 14.4. The Hall–Kier alpha value is -3.62. The molecule has 164 valence electrons. The minimum Gasteiger partial charge on any atom is -0.493 e. The fourth-order valence-corrected chi connectivity index (χ4v) is 3.64. The van der Waals surface area contributed by atoms with Gasteiger partial charge >= 0.3 is 0 Å². The Morgan fingerprint density at radius 3 is 2.29 bits per heavy atom. The van der Waals surface area contributed by atoms with Crippen molar-refractivity contribution in [2.45, 2.75) is 19.4 Å². The van der Waals surface area contributed by atoms with E-state index >= 15 is 0 Å². The first kappa shape index (κ1) is 22.1. The Labute approximate surface area is 180 Å². The number of amides is 2. The van der Waals surface area contributed by atoms with Crippen LogP contribution in [-0.4, -0.2) is 48.9 Å². The molecule has 9 nitrogen and oxygen atoms in total. The summed E-state index contributed by atoms with van der Waals surface area (Å²) in [7, 11) is 2.77. The number of ether oxygens (including phenoxy) is 2. The van der Waals surface area contributed by atoms with E-state index in [1.54, 1.807) is 0 Å². The van der Waals surface area contributed by atoms with Crippen molar-refractivity contribution in [3.63, 3.8) is 0 Å². The molecule has 2 amide bonds. The summed E-state index contributed by atoms with van der Waals surface area (Å²) in [5.41, 5.74) is 0.615. The summed E-state index contributed by atoms with van der Waals surface area (Å²) < 4.78 is 10.3. The van der Waals surface area contributed by atoms with Crippen LogP contribution < -0.4 is 14.8 Å². The van der Waals surface area contributed by atoms with Crippen LogP contribution in [0, 0.1) is 16.0 Å². The summed E-state index contributed by atoms with van der Waals surface area (Å²) in [4.78, 5) is 37.9. The summed E-state index contributed by atoms with van der Waals surface area (Å²) in [6.07, 6.45) is 0.987. The maximum atomic E-state index is 13.0. The predicted molar refractivity (Wildman–Crippen MR) is 113 cm³/mol. The standard InChI is InChI=1S/C22H25N3O6/c1-30-19-12-17(18(25(28)29)13-20(19)31-2)22(27)24-10-8-16(9-11-24)21(26)23-14-15-6-4-3-5-7-15/h3-7,12-13,16H,8-11,14H2,1-2H3,(H,23,26). The monoisotopic (exact) mass is 427 g/mol. The molecule has 0 unspecified atom stereocenters. The van der Waals surface area contributed by atoms with Crippen LogP contribution in [0.15, 0.2) is 42.5 Å². The molecule has 0 bridgehead atoms. The molecule has 1 heterocycles. The lowest BCUT2D eigenvalue weighted by Gasteiger charge is -2.31. The van der Waals surface area contributed by atoms with Crippen LogP contribution in [0.1, 0.15) is 28.8 Å². The van der Waals surface area contributed by atoms with Gasteiger partial charge in [-0.15, -0.1) is 0 Å². The van der Waals surface area contributed by atoms with Crippen LogP contribution in [0.2, 0.25) is 0 Å². The number of piperidine rings is 1. The number of carbonyl (C=O) groups is 2. The van der Waals surface area contributed by atoms with E-state index in [9.17, 15) is 19.7 Å². The van der Waals surface area contributed by atoms with Gasteiger partial charge in [0.2, 0.25) is 5.91 Å². The van der Waals surface area contributed by atoms with Crippen molar-refractivity contribution in [1.29, 1.82) is 0 Å². The normalized spacial score (nSPS) is 14.1. The number of nitro groups is 1. The van der Waals surface area contributed by atoms with Crippen LogP contribution in [0.3, 0.4) is 0 Å². The van der Waals surface area contributed by atoms with Gasteiger partial charge in [-0.1, -0.05) is 30.3 Å². The van der Waals surface area contributed by atoms with Crippen molar-refractivity contribution in [2.75, 3.05) is 27.3 Å². The average molecular weight is 427 g/mol. The van der Waals surface area contributed by atoms with Crippen molar-refractivity contribution < 1.29 is 24.0 Å². The van der Waals surface area contributed by atoms with Crippen molar-refractivity contribution in [3.05, 3.63) is 63.7 Å². The average Bonchev–Trinajstić information content (AvgIpc) is 2.81. The summed E-state index contributed by atoms with van der Waals surface area (Å²) in [5.74, 6) is -0.289. The van der Waals surface area contributed by atoms with Gasteiger partial charge in [0.15, 0.2) is 11.5 Å². The van der Waals surface area contributed by atoms with Crippen molar-refractivity contribution in [3.8, 4) is 11.5 Å². The molecule has 1 aliphatic rings. The Morgan fingerprint density at radius 1 is 1.10 bits per heavy atom. The molecule has 3 rings (SSSR count). The van der Waals surface area contributed by atoms with E-state index in [4.69, 9.17) is 9.47 Å². The van der Waals surface area contributed by atoms with Gasteiger partial charge < -0.3 is 19.7 Å². The molecule has 0 radical (unpaired) electrons. The number of nitrogens with zero attached hydrogens (tertiary/aromatic N) is 2. The number of benzene rings is 2. The van der Waals surface area contributed by atoms with Gasteiger partial charge in [0.05, 0.1) is 25.2 Å². The van der Waals surface area contributed by atoms with Crippen LogP contribution in [0.5, 0.6) is 11.5 Å². The van der Waals surface area contributed by atoms with Crippen LogP contribution in [0.4, 0.5) is 5.69 Å². The van der Waals surface area contributed by atoms with Crippen LogP contribution in [0.25, 0.3) is 0 Å². The zero-order valence-electron chi connectivity index (χ0n) is 17.5. The minimum absolute atomic E-state index is 0.0481. The van der Waals surface area contributed by atoms with Crippen molar-refractivity contribution >= 4 is 17.5 Å². The first-order chi connectivity index (χ1) is 14.9. The second-order valence-electron chi connectivity index (χ2n) is 7.25. The number of nitro benzene ring substituents is 1. The van der Waals surface area contributed by atoms with Crippen molar-refractivity contribution in [1.82, 2.24) is 10.2 Å². The largest absolute Gasteiger partial charge is 0.493 e. The predicted octanol–water partition coefficient (Wildman–Crippen LogP) is 2.78. The summed E-state index contributed by atoms with van der Waals surface area (Å²) in [6.45, 7) is 1.14. The molecule has 0 spiro atoms. The van der Waals surface area contributed by atoms with Gasteiger partial charge in [0, 0.05) is 31.6 Å². The molecule has 31 heavy (non-hydrogen) atoms. The van der Waals surface area contributed by atoms with Gasteiger partial charge in [0.1, 0.15) is 5.56 Å². The SMILES string of the molecule is COc1cc(C(=O)N2CCC(C(=O)NCc3ccccc3)CC2)c([N+](=O)[O-])cc1OC. The lowest BCUT2D eigenvalue weighted by atomic mass is 9.95. The zero-order chi connectivity index (χ0) is 22.4. The zero-order valence-corrected chi connectivity index (χ0v) is 17.5. The molecule has 0 aromatic heterocycles. The van der Waals surface area contributed by atoms with Gasteiger partial charge in [-0.3, -0.25) is 19.7 Å². The molecule has 0 atom stereocenters. The number of carbonyl (C=O) groups excluding carboxylic acids is 2. The van der Waals surface area contributed by atoms with E-state index in [0.717, 1.165) is 5.56 Å². The van der Waals surface area contributed by atoms with E-state index in [0.29, 0.717) is 32.5 Å². The number of nitrogens with one attached hydrogen (secondary N) is 1. The highest BCUT2D eigenvalue weighted by Crippen LogP contribution is 2.35. The quantitative estimate of drug-likeness (QED) is 0.537. The molecule has 2 aromatic carbocycles. The highest BCUT2D eigenvalue weighted by molar-refractivity contribution is 5.99. The third-order valence-electron chi connectivity index (χ3n) is 5.39. The molecular formula is C22H25N3O6. The molecule has 1 fully saturated rings. The fraction of sp³-hybridized carbons (Fsp3) is 0.364. The fourth-order valence-electron chi connectivity index (χ4n) is 3.64. The molecule has 2 aromatic rings. The molecule has 1 aliphatic heterocycles. The van der Waals surface area contributed by atoms with Crippen LogP contribution in [-0.2, 0) is 11.3 Å². The highest BCUT2D eigenvalue weighted by atomic mass is 16.6. The van der Waals surface area contributed by atoms with Gasteiger partial charge in [-0.05, 0) is 18.4 Å². The number of hydrogen-bond donors (Lipinski definition) is 1. The number of methoxy groups -OCH3 is 2. The third-order valence-corrected chi connectivity index (χ3v) is 5.39. The second-order valence-corrected chi connectivity index (χ2v) is 7.25. The Kier molecular flexibility index (Phi) is 7.07. The van der Waals surface area contributed by atoms with E-state index in [1.165, 1.54) is 31.3 Å². The molecular weight excluding hydrogens is 402 g/mol. The lowest BCUT2D eigenvalue weighted by molar-refractivity contribution is -0.385. The highest BCUT2D eigenvalue weighted by Gasteiger charge is 2.32. The maximum Gasteiger partial charge on any atom is 0.286 e. The van der Waals surface area contributed by atoms with E-state index in [2.05, 4.69) is 5.32 Å². The first-order valence-electron chi connectivity index (χ1n) is 9.96. The molecule has 9 heteroatoms. The Bertz CT molecular complexity index is 955. The summed E-state index contributed by atoms with van der Waals surface area (Å²) in [6, 6.07) is 12.2. The van der Waals surface area contributed by atoms with Gasteiger partial charge in [-0.2, -0.15) is 0 Å². The van der Waals surface area contributed by atoms with Crippen molar-refractivity contribution in [2.24, 2.45) is 5.92 Å². The lowest BCUT2D eigenvalue weighted by Crippen LogP contribution is -2.43. The molecule has 1 saturated heterocycles. The summed E-state index contributed by atoms with van der Waals surface area (Å²) >= 11 is 0. The number of rotatable bonds is 7. The van der Waals surface area contributed by atoms with Gasteiger partial charge in [0.25, 0.3) is 11.6 Å². The third kappa shape index (κ3) is 5.11. The molecule has 0 aliphatic carbocycles. The topological polar surface area (TPSA) is 111 Å². The maximum absolute atomic E-state index is 13.0. The number of hydrogen-bond acceptors (Lipinski definition) is 6. The Morgan fingerprint density at radius 2 is 1.71 bits per heavy atom. The Balaban J connectivity index is 1.65. The number of likely N-dealkylation sites (tertiary alicyclic amines) is 1. The second kappa shape index (κ2) is 9.92.